The monoisotopic (exact) mass is 411 g/mol. The Bertz CT molecular complexity index is 819. The zero-order chi connectivity index (χ0) is 21.8. The Morgan fingerprint density at radius 1 is 1.03 bits per heavy atom. The molecule has 0 saturated heterocycles. The fourth-order valence-corrected chi connectivity index (χ4v) is 2.75. The van der Waals surface area contributed by atoms with Crippen molar-refractivity contribution in [2.45, 2.75) is 20.0 Å². The molecule has 0 saturated carbocycles. The molecule has 7 nitrogen and oxygen atoms in total. The van der Waals surface area contributed by atoms with Crippen LogP contribution in [0.3, 0.4) is 0 Å². The first kappa shape index (κ1) is 23.2. The summed E-state index contributed by atoms with van der Waals surface area (Å²) in [4.78, 5) is 19.0. The van der Waals surface area contributed by atoms with Crippen LogP contribution in [-0.4, -0.2) is 57.6 Å². The zero-order valence-corrected chi connectivity index (χ0v) is 18.4. The number of amides is 1. The Morgan fingerprint density at radius 2 is 1.80 bits per heavy atom. The summed E-state index contributed by atoms with van der Waals surface area (Å²) < 4.78 is 5.19. The SMILES string of the molecule is CCNC(=NCc1cccc(C(=O)NCCN(C)C)c1)NCc1ccc(OC)cc1. The van der Waals surface area contributed by atoms with E-state index in [4.69, 9.17) is 4.74 Å². The predicted molar refractivity (Wildman–Crippen MR) is 122 cm³/mol. The van der Waals surface area contributed by atoms with Gasteiger partial charge in [0.1, 0.15) is 5.75 Å². The van der Waals surface area contributed by atoms with E-state index in [0.29, 0.717) is 25.2 Å². The van der Waals surface area contributed by atoms with Crippen molar-refractivity contribution in [2.75, 3.05) is 40.8 Å². The van der Waals surface area contributed by atoms with Crippen molar-refractivity contribution >= 4 is 11.9 Å². The molecule has 3 N–H and O–H groups in total. The summed E-state index contributed by atoms with van der Waals surface area (Å²) in [7, 11) is 5.62. The third-order valence-electron chi connectivity index (χ3n) is 4.42. The molecule has 0 unspecified atom stereocenters. The van der Waals surface area contributed by atoms with Gasteiger partial charge in [0.05, 0.1) is 13.7 Å². The second-order valence-corrected chi connectivity index (χ2v) is 7.16. The van der Waals surface area contributed by atoms with E-state index in [2.05, 4.69) is 20.9 Å². The van der Waals surface area contributed by atoms with E-state index in [0.717, 1.165) is 35.9 Å². The lowest BCUT2D eigenvalue weighted by Gasteiger charge is -2.12. The van der Waals surface area contributed by atoms with E-state index in [1.54, 1.807) is 7.11 Å². The first-order valence-electron chi connectivity index (χ1n) is 10.2. The van der Waals surface area contributed by atoms with E-state index < -0.39 is 0 Å². The molecule has 2 aromatic rings. The molecule has 0 aliphatic heterocycles. The topological polar surface area (TPSA) is 78.0 Å². The molecule has 0 aliphatic rings. The molecule has 2 aromatic carbocycles. The summed E-state index contributed by atoms with van der Waals surface area (Å²) in [5.41, 5.74) is 2.77. The number of likely N-dealkylation sites (N-methyl/N-ethyl adjacent to an activating group) is 1. The lowest BCUT2D eigenvalue weighted by Crippen LogP contribution is -2.36. The second kappa shape index (κ2) is 12.5. The summed E-state index contributed by atoms with van der Waals surface area (Å²) in [6, 6.07) is 15.5. The van der Waals surface area contributed by atoms with Gasteiger partial charge in [-0.25, -0.2) is 4.99 Å². The van der Waals surface area contributed by atoms with E-state index >= 15 is 0 Å². The molecular formula is C23H33N5O2. The number of carbonyl (C=O) groups excluding carboxylic acids is 1. The highest BCUT2D eigenvalue weighted by atomic mass is 16.5. The number of nitrogens with one attached hydrogen (secondary N) is 3. The van der Waals surface area contributed by atoms with Crippen LogP contribution in [-0.2, 0) is 13.1 Å². The molecule has 1 amide bonds. The molecule has 0 aromatic heterocycles. The fourth-order valence-electron chi connectivity index (χ4n) is 2.75. The van der Waals surface area contributed by atoms with Gasteiger partial charge >= 0.3 is 0 Å². The van der Waals surface area contributed by atoms with Crippen molar-refractivity contribution in [3.05, 3.63) is 65.2 Å². The lowest BCUT2D eigenvalue weighted by atomic mass is 10.1. The van der Waals surface area contributed by atoms with Gasteiger partial charge in [0, 0.05) is 31.7 Å². The number of ether oxygens (including phenoxy) is 1. The Kier molecular flexibility index (Phi) is 9.67. The number of rotatable bonds is 10. The van der Waals surface area contributed by atoms with Crippen LogP contribution in [0.2, 0.25) is 0 Å². The molecule has 0 heterocycles. The van der Waals surface area contributed by atoms with Crippen LogP contribution in [0.25, 0.3) is 0 Å². The van der Waals surface area contributed by atoms with Gasteiger partial charge in [-0.1, -0.05) is 24.3 Å². The first-order chi connectivity index (χ1) is 14.5. The number of aliphatic imine (C=N–C) groups is 1. The van der Waals surface area contributed by atoms with Crippen LogP contribution in [0.15, 0.2) is 53.5 Å². The van der Waals surface area contributed by atoms with E-state index in [9.17, 15) is 4.79 Å². The minimum absolute atomic E-state index is 0.0628. The molecule has 0 radical (unpaired) electrons. The Labute approximate surface area is 179 Å². The quantitative estimate of drug-likeness (QED) is 0.413. The van der Waals surface area contributed by atoms with Crippen molar-refractivity contribution in [3.63, 3.8) is 0 Å². The third-order valence-corrected chi connectivity index (χ3v) is 4.42. The lowest BCUT2D eigenvalue weighted by molar-refractivity contribution is 0.0951. The van der Waals surface area contributed by atoms with E-state index in [-0.39, 0.29) is 5.91 Å². The average Bonchev–Trinajstić information content (AvgIpc) is 2.76. The molecule has 0 bridgehead atoms. The summed E-state index contributed by atoms with van der Waals surface area (Å²) in [6.07, 6.45) is 0. The van der Waals surface area contributed by atoms with Crippen molar-refractivity contribution in [3.8, 4) is 5.75 Å². The number of methoxy groups -OCH3 is 1. The Morgan fingerprint density at radius 3 is 2.47 bits per heavy atom. The predicted octanol–water partition coefficient (Wildman–Crippen LogP) is 2.24. The van der Waals surface area contributed by atoms with Crippen molar-refractivity contribution < 1.29 is 9.53 Å². The van der Waals surface area contributed by atoms with Crippen LogP contribution in [0, 0.1) is 0 Å². The highest BCUT2D eigenvalue weighted by molar-refractivity contribution is 5.94. The Hall–Kier alpha value is -3.06. The third kappa shape index (κ3) is 8.13. The number of guanidine groups is 1. The fraction of sp³-hybridized carbons (Fsp3) is 0.391. The zero-order valence-electron chi connectivity index (χ0n) is 18.4. The van der Waals surface area contributed by atoms with Gasteiger partial charge in [-0.2, -0.15) is 0 Å². The van der Waals surface area contributed by atoms with Gasteiger partial charge < -0.3 is 25.6 Å². The van der Waals surface area contributed by atoms with Gasteiger partial charge in [-0.05, 0) is 56.4 Å². The number of nitrogens with zero attached hydrogens (tertiary/aromatic N) is 2. The largest absolute Gasteiger partial charge is 0.497 e. The summed E-state index contributed by atoms with van der Waals surface area (Å²) in [6.45, 7) is 5.36. The van der Waals surface area contributed by atoms with Crippen LogP contribution >= 0.6 is 0 Å². The maximum absolute atomic E-state index is 12.3. The molecular weight excluding hydrogens is 378 g/mol. The number of hydrogen-bond donors (Lipinski definition) is 3. The van der Waals surface area contributed by atoms with Crippen molar-refractivity contribution in [1.29, 1.82) is 0 Å². The molecule has 0 aliphatic carbocycles. The van der Waals surface area contributed by atoms with Gasteiger partial charge in [-0.3, -0.25) is 4.79 Å². The molecule has 162 valence electrons. The maximum atomic E-state index is 12.3. The molecule has 0 atom stereocenters. The van der Waals surface area contributed by atoms with Crippen molar-refractivity contribution in [1.82, 2.24) is 20.9 Å². The minimum Gasteiger partial charge on any atom is -0.497 e. The Balaban J connectivity index is 1.95. The van der Waals surface area contributed by atoms with E-state index in [1.165, 1.54) is 0 Å². The number of carbonyl (C=O) groups is 1. The number of hydrogen-bond acceptors (Lipinski definition) is 4. The highest BCUT2D eigenvalue weighted by Crippen LogP contribution is 2.11. The van der Waals surface area contributed by atoms with Gasteiger partial charge in [0.15, 0.2) is 5.96 Å². The second-order valence-electron chi connectivity index (χ2n) is 7.16. The molecule has 2 rings (SSSR count). The van der Waals surface area contributed by atoms with Crippen LogP contribution in [0.4, 0.5) is 0 Å². The smallest absolute Gasteiger partial charge is 0.251 e. The molecule has 7 heteroatoms. The maximum Gasteiger partial charge on any atom is 0.251 e. The normalized spacial score (nSPS) is 11.3. The van der Waals surface area contributed by atoms with Crippen LogP contribution < -0.4 is 20.7 Å². The molecule has 0 fully saturated rings. The highest BCUT2D eigenvalue weighted by Gasteiger charge is 2.06. The summed E-state index contributed by atoms with van der Waals surface area (Å²) in [5, 5.41) is 9.53. The summed E-state index contributed by atoms with van der Waals surface area (Å²) in [5.74, 6) is 1.51. The summed E-state index contributed by atoms with van der Waals surface area (Å²) >= 11 is 0. The minimum atomic E-state index is -0.0628. The van der Waals surface area contributed by atoms with E-state index in [1.807, 2.05) is 74.4 Å². The van der Waals surface area contributed by atoms with Gasteiger partial charge in [0.25, 0.3) is 5.91 Å². The van der Waals surface area contributed by atoms with Gasteiger partial charge in [-0.15, -0.1) is 0 Å². The molecule has 0 spiro atoms. The number of benzene rings is 2. The van der Waals surface area contributed by atoms with Crippen LogP contribution in [0.5, 0.6) is 5.75 Å². The van der Waals surface area contributed by atoms with Gasteiger partial charge in [0.2, 0.25) is 0 Å². The first-order valence-corrected chi connectivity index (χ1v) is 10.2. The van der Waals surface area contributed by atoms with Crippen LogP contribution in [0.1, 0.15) is 28.4 Å². The standard InChI is InChI=1S/C23H33N5O2/c1-5-24-23(26-16-18-9-11-21(30-4)12-10-18)27-17-19-7-6-8-20(15-19)22(29)25-13-14-28(2)3/h6-12,15H,5,13-14,16-17H2,1-4H3,(H,25,29)(H2,24,26,27). The van der Waals surface area contributed by atoms with Crippen molar-refractivity contribution in [2.24, 2.45) is 4.99 Å². The average molecular weight is 412 g/mol. The molecule has 30 heavy (non-hydrogen) atoms.